The van der Waals surface area contributed by atoms with Crippen LogP contribution in [0.25, 0.3) is 0 Å². The van der Waals surface area contributed by atoms with Crippen molar-refractivity contribution in [3.05, 3.63) is 34.1 Å². The average molecular weight is 231 g/mol. The SMILES string of the molecule is Cc1ccc(CC(C)C(=O)O)c(Cl)c1F. The van der Waals surface area contributed by atoms with Crippen molar-refractivity contribution >= 4 is 17.6 Å². The van der Waals surface area contributed by atoms with Crippen LogP contribution in [0.3, 0.4) is 0 Å². The molecular formula is C11H12ClFO2. The number of aryl methyl sites for hydroxylation is 1. The molecule has 1 atom stereocenters. The van der Waals surface area contributed by atoms with Crippen LogP contribution in [0.5, 0.6) is 0 Å². The monoisotopic (exact) mass is 230 g/mol. The summed E-state index contributed by atoms with van der Waals surface area (Å²) in [4.78, 5) is 10.6. The topological polar surface area (TPSA) is 37.3 Å². The molecule has 82 valence electrons. The van der Waals surface area contributed by atoms with Gasteiger partial charge in [-0.3, -0.25) is 4.79 Å². The van der Waals surface area contributed by atoms with Crippen LogP contribution >= 0.6 is 11.6 Å². The smallest absolute Gasteiger partial charge is 0.306 e. The van der Waals surface area contributed by atoms with Gasteiger partial charge >= 0.3 is 5.97 Å². The summed E-state index contributed by atoms with van der Waals surface area (Å²) in [5, 5.41) is 8.75. The first-order chi connectivity index (χ1) is 6.93. The molecule has 1 unspecified atom stereocenters. The lowest BCUT2D eigenvalue weighted by Crippen LogP contribution is -2.12. The second-order valence-electron chi connectivity index (χ2n) is 3.61. The lowest BCUT2D eigenvalue weighted by molar-refractivity contribution is -0.141. The number of carboxylic acids is 1. The molecule has 0 radical (unpaired) electrons. The maximum atomic E-state index is 13.4. The van der Waals surface area contributed by atoms with Gasteiger partial charge in [0.15, 0.2) is 0 Å². The summed E-state index contributed by atoms with van der Waals surface area (Å²) in [6.07, 6.45) is 0.241. The van der Waals surface area contributed by atoms with Crippen LogP contribution in [0, 0.1) is 18.7 Å². The first-order valence-electron chi connectivity index (χ1n) is 4.59. The highest BCUT2D eigenvalue weighted by molar-refractivity contribution is 6.31. The molecule has 15 heavy (non-hydrogen) atoms. The molecule has 0 fully saturated rings. The van der Waals surface area contributed by atoms with E-state index >= 15 is 0 Å². The van der Waals surface area contributed by atoms with Gasteiger partial charge in [-0.25, -0.2) is 4.39 Å². The minimum absolute atomic E-state index is 0.0306. The van der Waals surface area contributed by atoms with Crippen molar-refractivity contribution in [3.8, 4) is 0 Å². The molecule has 1 aromatic carbocycles. The zero-order chi connectivity index (χ0) is 11.6. The Morgan fingerprint density at radius 1 is 1.60 bits per heavy atom. The normalized spacial score (nSPS) is 12.5. The Labute approximate surface area is 92.7 Å². The molecule has 0 bridgehead atoms. The van der Waals surface area contributed by atoms with Gasteiger partial charge in [-0.15, -0.1) is 0 Å². The third-order valence-corrected chi connectivity index (χ3v) is 2.71. The Hall–Kier alpha value is -1.09. The predicted molar refractivity (Wildman–Crippen MR) is 56.7 cm³/mol. The number of halogens is 2. The van der Waals surface area contributed by atoms with Gasteiger partial charge in [0.05, 0.1) is 10.9 Å². The van der Waals surface area contributed by atoms with Gasteiger partial charge in [0.1, 0.15) is 5.82 Å². The molecule has 0 aliphatic carbocycles. The fraction of sp³-hybridized carbons (Fsp3) is 0.364. The molecule has 2 nitrogen and oxygen atoms in total. The zero-order valence-corrected chi connectivity index (χ0v) is 9.31. The second kappa shape index (κ2) is 4.62. The number of carboxylic acid groups (broad SMARTS) is 1. The van der Waals surface area contributed by atoms with E-state index < -0.39 is 17.7 Å². The Morgan fingerprint density at radius 3 is 2.73 bits per heavy atom. The number of carbonyl (C=O) groups is 1. The summed E-state index contributed by atoms with van der Waals surface area (Å²) in [7, 11) is 0. The van der Waals surface area contributed by atoms with Gasteiger partial charge in [-0.1, -0.05) is 30.7 Å². The van der Waals surface area contributed by atoms with Crippen molar-refractivity contribution in [1.29, 1.82) is 0 Å². The van der Waals surface area contributed by atoms with Crippen LogP contribution in [0.1, 0.15) is 18.1 Å². The van der Waals surface area contributed by atoms with E-state index in [1.807, 2.05) is 0 Å². The van der Waals surface area contributed by atoms with Gasteiger partial charge in [-0.05, 0) is 24.5 Å². The van der Waals surface area contributed by atoms with Crippen LogP contribution in [0.2, 0.25) is 5.02 Å². The van der Waals surface area contributed by atoms with Crippen LogP contribution in [0.4, 0.5) is 4.39 Å². The molecule has 0 aromatic heterocycles. The molecule has 1 aromatic rings. The molecule has 0 heterocycles. The highest BCUT2D eigenvalue weighted by atomic mass is 35.5. The molecule has 0 saturated heterocycles. The van der Waals surface area contributed by atoms with Crippen LogP contribution < -0.4 is 0 Å². The molecule has 0 amide bonds. The number of rotatable bonds is 3. The van der Waals surface area contributed by atoms with E-state index in [1.54, 1.807) is 26.0 Å². The molecule has 1 rings (SSSR count). The number of benzene rings is 1. The molecule has 0 saturated carbocycles. The van der Waals surface area contributed by atoms with Crippen molar-refractivity contribution in [2.24, 2.45) is 5.92 Å². The van der Waals surface area contributed by atoms with E-state index in [0.29, 0.717) is 11.1 Å². The molecule has 0 aliphatic rings. The molecule has 0 spiro atoms. The van der Waals surface area contributed by atoms with Crippen molar-refractivity contribution in [2.45, 2.75) is 20.3 Å². The first-order valence-corrected chi connectivity index (χ1v) is 4.97. The van der Waals surface area contributed by atoms with E-state index in [9.17, 15) is 9.18 Å². The Kier molecular flexibility index (Phi) is 3.69. The third-order valence-electron chi connectivity index (χ3n) is 2.30. The van der Waals surface area contributed by atoms with Crippen LogP contribution in [-0.2, 0) is 11.2 Å². The van der Waals surface area contributed by atoms with Gasteiger partial charge in [0, 0.05) is 0 Å². The van der Waals surface area contributed by atoms with Gasteiger partial charge in [0.25, 0.3) is 0 Å². The van der Waals surface area contributed by atoms with Gasteiger partial charge < -0.3 is 5.11 Å². The van der Waals surface area contributed by atoms with E-state index in [0.717, 1.165) is 0 Å². The van der Waals surface area contributed by atoms with Crippen molar-refractivity contribution < 1.29 is 14.3 Å². The molecule has 4 heteroatoms. The summed E-state index contributed by atoms with van der Waals surface area (Å²) in [6.45, 7) is 3.18. The average Bonchev–Trinajstić information content (AvgIpc) is 2.18. The van der Waals surface area contributed by atoms with Gasteiger partial charge in [0.2, 0.25) is 0 Å². The van der Waals surface area contributed by atoms with E-state index in [2.05, 4.69) is 0 Å². The van der Waals surface area contributed by atoms with Crippen molar-refractivity contribution in [3.63, 3.8) is 0 Å². The zero-order valence-electron chi connectivity index (χ0n) is 8.55. The predicted octanol–water partition coefficient (Wildman–Crippen LogP) is 3.05. The summed E-state index contributed by atoms with van der Waals surface area (Å²) < 4.78 is 13.4. The minimum Gasteiger partial charge on any atom is -0.481 e. The molecular weight excluding hydrogens is 219 g/mol. The van der Waals surface area contributed by atoms with Gasteiger partial charge in [-0.2, -0.15) is 0 Å². The lowest BCUT2D eigenvalue weighted by atomic mass is 10.00. The maximum Gasteiger partial charge on any atom is 0.306 e. The van der Waals surface area contributed by atoms with Crippen LogP contribution in [-0.4, -0.2) is 11.1 Å². The number of aliphatic carboxylic acids is 1. The summed E-state index contributed by atoms with van der Waals surface area (Å²) in [6, 6.07) is 3.27. The van der Waals surface area contributed by atoms with Crippen molar-refractivity contribution in [2.75, 3.05) is 0 Å². The van der Waals surface area contributed by atoms with E-state index in [-0.39, 0.29) is 11.4 Å². The second-order valence-corrected chi connectivity index (χ2v) is 3.99. The maximum absolute atomic E-state index is 13.4. The van der Waals surface area contributed by atoms with E-state index in [1.165, 1.54) is 0 Å². The fourth-order valence-electron chi connectivity index (χ4n) is 1.26. The Balaban J connectivity index is 2.97. The third kappa shape index (κ3) is 2.69. The summed E-state index contributed by atoms with van der Waals surface area (Å²) in [5.41, 5.74) is 1.00. The van der Waals surface area contributed by atoms with Crippen molar-refractivity contribution in [1.82, 2.24) is 0 Å². The fourth-order valence-corrected chi connectivity index (χ4v) is 1.55. The Morgan fingerprint density at radius 2 is 2.20 bits per heavy atom. The number of hydrogen-bond acceptors (Lipinski definition) is 1. The quantitative estimate of drug-likeness (QED) is 0.867. The summed E-state index contributed by atoms with van der Waals surface area (Å²) in [5.74, 6) is -1.94. The number of hydrogen-bond donors (Lipinski definition) is 1. The highest BCUT2D eigenvalue weighted by Crippen LogP contribution is 2.24. The van der Waals surface area contributed by atoms with E-state index in [4.69, 9.17) is 16.7 Å². The lowest BCUT2D eigenvalue weighted by Gasteiger charge is -2.09. The standard InChI is InChI=1S/C11H12ClFO2/c1-6-3-4-8(9(12)10(6)13)5-7(2)11(14)15/h3-4,7H,5H2,1-2H3,(H,14,15). The van der Waals surface area contributed by atoms with Crippen LogP contribution in [0.15, 0.2) is 12.1 Å². The molecule has 0 aliphatic heterocycles. The molecule has 1 N–H and O–H groups in total. The summed E-state index contributed by atoms with van der Waals surface area (Å²) >= 11 is 5.78. The highest BCUT2D eigenvalue weighted by Gasteiger charge is 2.16. The first kappa shape index (κ1) is 12.0. The Bertz CT molecular complexity index is 390. The largest absolute Gasteiger partial charge is 0.481 e. The minimum atomic E-state index is -0.910.